The highest BCUT2D eigenvalue weighted by Crippen LogP contribution is 2.26. The van der Waals surface area contributed by atoms with Crippen LogP contribution in [0.5, 0.6) is 5.75 Å². The van der Waals surface area contributed by atoms with E-state index in [4.69, 9.17) is 14.7 Å². The zero-order chi connectivity index (χ0) is 22.5. The second-order valence-corrected chi connectivity index (χ2v) is 8.30. The number of hydrogen-bond donors (Lipinski definition) is 1. The molecular weight excluding hydrogens is 410 g/mol. The van der Waals surface area contributed by atoms with Crippen LogP contribution in [0, 0.1) is 0 Å². The van der Waals surface area contributed by atoms with Gasteiger partial charge in [0.2, 0.25) is 5.95 Å². The maximum Gasteiger partial charge on any atom is 0.227 e. The van der Waals surface area contributed by atoms with Gasteiger partial charge in [-0.15, -0.1) is 0 Å². The lowest BCUT2D eigenvalue weighted by Crippen LogP contribution is -2.46. The van der Waals surface area contributed by atoms with Gasteiger partial charge in [0.25, 0.3) is 0 Å². The first-order valence-corrected chi connectivity index (χ1v) is 11.4. The summed E-state index contributed by atoms with van der Waals surface area (Å²) in [6.45, 7) is 5.44. The summed E-state index contributed by atoms with van der Waals surface area (Å²) in [7, 11) is 1.70. The number of para-hydroxylation sites is 2. The maximum absolute atomic E-state index is 5.51. The smallest absolute Gasteiger partial charge is 0.227 e. The highest BCUT2D eigenvalue weighted by molar-refractivity contribution is 5.90. The van der Waals surface area contributed by atoms with E-state index in [9.17, 15) is 0 Å². The Balaban J connectivity index is 1.33. The average molecular weight is 440 g/mol. The Bertz CT molecular complexity index is 1210. The van der Waals surface area contributed by atoms with Crippen molar-refractivity contribution in [1.29, 1.82) is 0 Å². The van der Waals surface area contributed by atoms with Gasteiger partial charge >= 0.3 is 0 Å². The van der Waals surface area contributed by atoms with Gasteiger partial charge in [-0.3, -0.25) is 4.90 Å². The number of ether oxygens (including phenoxy) is 1. The van der Waals surface area contributed by atoms with Crippen LogP contribution in [0.3, 0.4) is 0 Å². The summed E-state index contributed by atoms with van der Waals surface area (Å²) in [6.07, 6.45) is 0. The topological polar surface area (TPSA) is 53.5 Å². The lowest BCUT2D eigenvalue weighted by atomic mass is 10.2. The Morgan fingerprint density at radius 1 is 0.818 bits per heavy atom. The summed E-state index contributed by atoms with van der Waals surface area (Å²) in [5.41, 5.74) is 3.41. The first-order valence-electron chi connectivity index (χ1n) is 11.4. The van der Waals surface area contributed by atoms with Crippen molar-refractivity contribution in [2.45, 2.75) is 13.1 Å². The molecule has 3 aromatic carbocycles. The fourth-order valence-electron chi connectivity index (χ4n) is 4.32. The first-order chi connectivity index (χ1) is 16.3. The van der Waals surface area contributed by atoms with Crippen LogP contribution >= 0.6 is 0 Å². The SMILES string of the molecule is COc1ccccc1CNc1nc(N2CCN(Cc3ccccc3)CC2)nc2ccccc12. The molecule has 0 unspecified atom stereocenters. The van der Waals surface area contributed by atoms with Gasteiger partial charge in [0.1, 0.15) is 11.6 Å². The molecule has 1 saturated heterocycles. The summed E-state index contributed by atoms with van der Waals surface area (Å²) in [4.78, 5) is 14.6. The molecule has 168 valence electrons. The minimum Gasteiger partial charge on any atom is -0.496 e. The molecule has 0 atom stereocenters. The van der Waals surface area contributed by atoms with Crippen LogP contribution in [0.15, 0.2) is 78.9 Å². The Morgan fingerprint density at radius 3 is 2.36 bits per heavy atom. The van der Waals surface area contributed by atoms with E-state index in [1.807, 2.05) is 30.3 Å². The van der Waals surface area contributed by atoms with Crippen LogP contribution in [0.25, 0.3) is 10.9 Å². The van der Waals surface area contributed by atoms with Crippen LogP contribution in [0.1, 0.15) is 11.1 Å². The van der Waals surface area contributed by atoms with Crippen molar-refractivity contribution in [3.05, 3.63) is 90.0 Å². The molecule has 6 heteroatoms. The molecule has 1 aliphatic rings. The lowest BCUT2D eigenvalue weighted by Gasteiger charge is -2.35. The van der Waals surface area contributed by atoms with Gasteiger partial charge in [-0.05, 0) is 23.8 Å². The highest BCUT2D eigenvalue weighted by atomic mass is 16.5. The third-order valence-corrected chi connectivity index (χ3v) is 6.13. The van der Waals surface area contributed by atoms with E-state index >= 15 is 0 Å². The molecule has 0 aliphatic carbocycles. The minimum absolute atomic E-state index is 0.634. The van der Waals surface area contributed by atoms with Crippen molar-refractivity contribution in [3.63, 3.8) is 0 Å². The van der Waals surface area contributed by atoms with Gasteiger partial charge in [-0.2, -0.15) is 4.98 Å². The number of nitrogens with one attached hydrogen (secondary N) is 1. The van der Waals surface area contributed by atoms with Gasteiger partial charge in [-0.25, -0.2) is 4.98 Å². The van der Waals surface area contributed by atoms with Crippen molar-refractivity contribution in [3.8, 4) is 5.75 Å². The van der Waals surface area contributed by atoms with Crippen molar-refractivity contribution >= 4 is 22.7 Å². The molecule has 0 amide bonds. The predicted octanol–water partition coefficient (Wildman–Crippen LogP) is 4.57. The number of nitrogens with zero attached hydrogens (tertiary/aromatic N) is 4. The molecule has 1 aliphatic heterocycles. The van der Waals surface area contributed by atoms with Gasteiger partial charge in [0.05, 0.1) is 12.6 Å². The second-order valence-electron chi connectivity index (χ2n) is 8.30. The summed E-state index contributed by atoms with van der Waals surface area (Å²) >= 11 is 0. The molecule has 5 rings (SSSR count). The standard InChI is InChI=1S/C27H29N5O/c1-33-25-14-8-5-11-22(25)19-28-26-23-12-6-7-13-24(23)29-27(30-26)32-17-15-31(16-18-32)20-21-9-3-2-4-10-21/h2-14H,15-20H2,1H3,(H,28,29,30). The Morgan fingerprint density at radius 2 is 1.55 bits per heavy atom. The number of rotatable bonds is 7. The quantitative estimate of drug-likeness (QED) is 0.455. The summed E-state index contributed by atoms with van der Waals surface area (Å²) in [6, 6.07) is 26.9. The average Bonchev–Trinajstić information content (AvgIpc) is 2.88. The predicted molar refractivity (Wildman–Crippen MR) is 134 cm³/mol. The molecule has 1 N–H and O–H groups in total. The molecule has 33 heavy (non-hydrogen) atoms. The fourth-order valence-corrected chi connectivity index (χ4v) is 4.32. The number of hydrogen-bond acceptors (Lipinski definition) is 6. The third kappa shape index (κ3) is 4.91. The number of fused-ring (bicyclic) bond motifs is 1. The van der Waals surface area contributed by atoms with Gasteiger partial charge < -0.3 is 15.0 Å². The van der Waals surface area contributed by atoms with Crippen LogP contribution in [-0.4, -0.2) is 48.2 Å². The van der Waals surface area contributed by atoms with Gasteiger partial charge in [0.15, 0.2) is 0 Å². The van der Waals surface area contributed by atoms with Gasteiger partial charge in [-0.1, -0.05) is 60.7 Å². The van der Waals surface area contributed by atoms with Crippen LogP contribution in [0.4, 0.5) is 11.8 Å². The van der Waals surface area contributed by atoms with Crippen LogP contribution in [-0.2, 0) is 13.1 Å². The van der Waals surface area contributed by atoms with E-state index in [1.165, 1.54) is 5.56 Å². The summed E-state index contributed by atoms with van der Waals surface area (Å²) < 4.78 is 5.51. The van der Waals surface area contributed by atoms with E-state index in [1.54, 1.807) is 7.11 Å². The van der Waals surface area contributed by atoms with Crippen LogP contribution < -0.4 is 15.0 Å². The summed E-state index contributed by atoms with van der Waals surface area (Å²) in [5, 5.41) is 4.56. The normalized spacial score (nSPS) is 14.4. The van der Waals surface area contributed by atoms with E-state index in [-0.39, 0.29) is 0 Å². The molecular formula is C27H29N5O. The number of methoxy groups -OCH3 is 1. The molecule has 1 fully saturated rings. The van der Waals surface area contributed by atoms with Crippen molar-refractivity contribution in [2.75, 3.05) is 43.5 Å². The molecule has 1 aromatic heterocycles. The van der Waals surface area contributed by atoms with E-state index in [0.29, 0.717) is 6.54 Å². The zero-order valence-electron chi connectivity index (χ0n) is 18.9. The Labute approximate surface area is 194 Å². The second kappa shape index (κ2) is 9.88. The Kier molecular flexibility index (Phi) is 6.35. The molecule has 0 saturated carbocycles. The number of anilines is 2. The molecule has 0 radical (unpaired) electrons. The van der Waals surface area contributed by atoms with Gasteiger partial charge in [0, 0.05) is 50.2 Å². The largest absolute Gasteiger partial charge is 0.496 e. The number of aromatic nitrogens is 2. The molecule has 2 heterocycles. The molecule has 6 nitrogen and oxygen atoms in total. The molecule has 4 aromatic rings. The van der Waals surface area contributed by atoms with Crippen LogP contribution in [0.2, 0.25) is 0 Å². The maximum atomic E-state index is 5.51. The van der Waals surface area contributed by atoms with E-state index < -0.39 is 0 Å². The fraction of sp³-hybridized carbons (Fsp3) is 0.259. The minimum atomic E-state index is 0.634. The zero-order valence-corrected chi connectivity index (χ0v) is 18.9. The summed E-state index contributed by atoms with van der Waals surface area (Å²) in [5.74, 6) is 2.52. The third-order valence-electron chi connectivity index (χ3n) is 6.13. The van der Waals surface area contributed by atoms with Crippen molar-refractivity contribution in [1.82, 2.24) is 14.9 Å². The molecule has 0 bridgehead atoms. The van der Waals surface area contributed by atoms with Crippen molar-refractivity contribution < 1.29 is 4.74 Å². The Hall–Kier alpha value is -3.64. The highest BCUT2D eigenvalue weighted by Gasteiger charge is 2.20. The monoisotopic (exact) mass is 439 g/mol. The lowest BCUT2D eigenvalue weighted by molar-refractivity contribution is 0.249. The van der Waals surface area contributed by atoms with E-state index in [2.05, 4.69) is 63.6 Å². The van der Waals surface area contributed by atoms with E-state index in [0.717, 1.165) is 66.7 Å². The number of benzene rings is 3. The molecule has 0 spiro atoms. The first kappa shape index (κ1) is 21.2. The number of piperazine rings is 1. The van der Waals surface area contributed by atoms with Crippen molar-refractivity contribution in [2.24, 2.45) is 0 Å².